The van der Waals surface area contributed by atoms with Crippen molar-refractivity contribution in [1.82, 2.24) is 0 Å². The third kappa shape index (κ3) is 3.08. The highest BCUT2D eigenvalue weighted by molar-refractivity contribution is 6.71. The number of hydrogen-bond donors (Lipinski definition) is 0. The summed E-state index contributed by atoms with van der Waals surface area (Å²) in [5.74, 6) is 0. The fourth-order valence-corrected chi connectivity index (χ4v) is 4.54. The van der Waals surface area contributed by atoms with E-state index in [9.17, 15) is 0 Å². The molecule has 0 radical (unpaired) electrons. The summed E-state index contributed by atoms with van der Waals surface area (Å²) in [6, 6.07) is 9.80. The number of rotatable bonds is 5. The fraction of sp³-hybridized carbons (Fsp3) is 0.467. The van der Waals surface area contributed by atoms with Gasteiger partial charge in [0, 0.05) is 0 Å². The van der Waals surface area contributed by atoms with E-state index in [1.807, 2.05) is 0 Å². The van der Waals surface area contributed by atoms with E-state index in [1.165, 1.54) is 30.0 Å². The van der Waals surface area contributed by atoms with Crippen LogP contribution in [0.3, 0.4) is 0 Å². The molecule has 1 aliphatic rings. The highest BCUT2D eigenvalue weighted by Gasteiger charge is 2.28. The van der Waals surface area contributed by atoms with Gasteiger partial charge in [0.15, 0.2) is 8.32 Å². The zero-order valence-corrected chi connectivity index (χ0v) is 12.1. The van der Waals surface area contributed by atoms with Crippen LogP contribution in [0.4, 0.5) is 0 Å². The lowest BCUT2D eigenvalue weighted by Crippen LogP contribution is -2.31. The topological polar surface area (TPSA) is 9.23 Å². The third-order valence-corrected chi connectivity index (χ3v) is 5.78. The second-order valence-electron chi connectivity index (χ2n) is 5.39. The van der Waals surface area contributed by atoms with Crippen LogP contribution >= 0.6 is 0 Å². The van der Waals surface area contributed by atoms with Gasteiger partial charge in [0.1, 0.15) is 0 Å². The van der Waals surface area contributed by atoms with Gasteiger partial charge in [-0.05, 0) is 30.3 Å². The maximum atomic E-state index is 6.38. The van der Waals surface area contributed by atoms with Crippen molar-refractivity contribution in [3.63, 3.8) is 0 Å². The molecular formula is C15H22OSi. The standard InChI is InChI=1S/C15H22OSi/c1-4-5-12-17(2,3)16-15-11-10-13-8-6-7-9-14(13)15/h6-11,15H,4-5,12H2,1-3H3. The van der Waals surface area contributed by atoms with Crippen LogP contribution in [0, 0.1) is 0 Å². The molecule has 0 bridgehead atoms. The van der Waals surface area contributed by atoms with Crippen LogP contribution in [-0.2, 0) is 4.43 Å². The highest BCUT2D eigenvalue weighted by Crippen LogP contribution is 2.34. The number of hydrogen-bond acceptors (Lipinski definition) is 1. The molecule has 0 saturated heterocycles. The summed E-state index contributed by atoms with van der Waals surface area (Å²) < 4.78 is 6.38. The molecule has 0 aromatic heterocycles. The van der Waals surface area contributed by atoms with Gasteiger partial charge in [-0.15, -0.1) is 0 Å². The second kappa shape index (κ2) is 5.19. The van der Waals surface area contributed by atoms with Crippen LogP contribution in [0.1, 0.15) is 37.0 Å². The third-order valence-electron chi connectivity index (χ3n) is 3.33. The summed E-state index contributed by atoms with van der Waals surface area (Å²) >= 11 is 0. The molecule has 2 heteroatoms. The van der Waals surface area contributed by atoms with E-state index < -0.39 is 8.32 Å². The Hall–Kier alpha value is -0.863. The molecule has 0 fully saturated rings. The van der Waals surface area contributed by atoms with Crippen LogP contribution in [0.5, 0.6) is 0 Å². The van der Waals surface area contributed by atoms with Crippen molar-refractivity contribution in [1.29, 1.82) is 0 Å². The maximum absolute atomic E-state index is 6.38. The van der Waals surface area contributed by atoms with Gasteiger partial charge in [-0.2, -0.15) is 0 Å². The Labute approximate surface area is 106 Å². The molecule has 0 amide bonds. The summed E-state index contributed by atoms with van der Waals surface area (Å²) in [7, 11) is -1.51. The lowest BCUT2D eigenvalue weighted by atomic mass is 10.1. The first-order chi connectivity index (χ1) is 8.12. The Kier molecular flexibility index (Phi) is 3.85. The molecule has 92 valence electrons. The fourth-order valence-electron chi connectivity index (χ4n) is 2.32. The summed E-state index contributed by atoms with van der Waals surface area (Å²) in [5, 5.41) is 0. The summed E-state index contributed by atoms with van der Waals surface area (Å²) in [6.45, 7) is 6.91. The molecule has 1 atom stereocenters. The SMILES string of the molecule is CCCC[Si](C)(C)OC1C=Cc2ccccc21. The smallest absolute Gasteiger partial charge is 0.188 e. The largest absolute Gasteiger partial charge is 0.407 e. The molecule has 1 aromatic rings. The van der Waals surface area contributed by atoms with Crippen LogP contribution in [0.15, 0.2) is 30.3 Å². The first-order valence-electron chi connectivity index (χ1n) is 6.57. The first kappa shape index (κ1) is 12.6. The van der Waals surface area contributed by atoms with Crippen LogP contribution < -0.4 is 0 Å². The lowest BCUT2D eigenvalue weighted by Gasteiger charge is -2.27. The molecule has 2 rings (SSSR count). The Morgan fingerprint density at radius 3 is 2.76 bits per heavy atom. The number of benzene rings is 1. The van der Waals surface area contributed by atoms with E-state index in [0.717, 1.165) is 0 Å². The molecule has 0 aliphatic heterocycles. The van der Waals surface area contributed by atoms with Crippen molar-refractivity contribution in [2.45, 2.75) is 45.0 Å². The Morgan fingerprint density at radius 2 is 2.00 bits per heavy atom. The predicted octanol–water partition coefficient (Wildman–Crippen LogP) is 4.78. The van der Waals surface area contributed by atoms with Gasteiger partial charge >= 0.3 is 0 Å². The zero-order chi connectivity index (χ0) is 12.3. The minimum atomic E-state index is -1.51. The summed E-state index contributed by atoms with van der Waals surface area (Å²) in [4.78, 5) is 0. The van der Waals surface area contributed by atoms with Gasteiger partial charge < -0.3 is 4.43 Å². The minimum Gasteiger partial charge on any atom is -0.407 e. The number of unbranched alkanes of at least 4 members (excludes halogenated alkanes) is 1. The Balaban J connectivity index is 2.04. The van der Waals surface area contributed by atoms with E-state index in [0.29, 0.717) is 0 Å². The molecule has 17 heavy (non-hydrogen) atoms. The molecule has 0 N–H and O–H groups in total. The molecular weight excluding hydrogens is 224 g/mol. The van der Waals surface area contributed by atoms with Crippen molar-refractivity contribution in [2.75, 3.05) is 0 Å². The molecule has 1 aliphatic carbocycles. The molecule has 1 aromatic carbocycles. The molecule has 0 saturated carbocycles. The van der Waals surface area contributed by atoms with E-state index in [2.05, 4.69) is 56.4 Å². The van der Waals surface area contributed by atoms with Gasteiger partial charge in [0.05, 0.1) is 6.10 Å². The van der Waals surface area contributed by atoms with Crippen LogP contribution in [0.2, 0.25) is 19.1 Å². The summed E-state index contributed by atoms with van der Waals surface area (Å²) in [6.07, 6.45) is 7.13. The lowest BCUT2D eigenvalue weighted by molar-refractivity contribution is 0.246. The van der Waals surface area contributed by atoms with Crippen molar-refractivity contribution in [3.05, 3.63) is 41.5 Å². The molecule has 0 heterocycles. The highest BCUT2D eigenvalue weighted by atomic mass is 28.4. The van der Waals surface area contributed by atoms with Gasteiger partial charge in [-0.1, -0.05) is 56.2 Å². The van der Waals surface area contributed by atoms with E-state index in [1.54, 1.807) is 0 Å². The van der Waals surface area contributed by atoms with Gasteiger partial charge in [-0.3, -0.25) is 0 Å². The predicted molar refractivity (Wildman–Crippen MR) is 76.5 cm³/mol. The van der Waals surface area contributed by atoms with E-state index >= 15 is 0 Å². The van der Waals surface area contributed by atoms with E-state index in [-0.39, 0.29) is 6.10 Å². The monoisotopic (exact) mass is 246 g/mol. The minimum absolute atomic E-state index is 0.199. The zero-order valence-electron chi connectivity index (χ0n) is 11.1. The van der Waals surface area contributed by atoms with Crippen LogP contribution in [0.25, 0.3) is 6.08 Å². The van der Waals surface area contributed by atoms with Gasteiger partial charge in [-0.25, -0.2) is 0 Å². The number of fused-ring (bicyclic) bond motifs is 1. The van der Waals surface area contributed by atoms with Crippen LogP contribution in [-0.4, -0.2) is 8.32 Å². The average molecular weight is 246 g/mol. The molecule has 1 unspecified atom stereocenters. The Morgan fingerprint density at radius 1 is 1.24 bits per heavy atom. The van der Waals surface area contributed by atoms with E-state index in [4.69, 9.17) is 4.43 Å². The first-order valence-corrected chi connectivity index (χ1v) is 9.69. The van der Waals surface area contributed by atoms with Crippen molar-refractivity contribution in [2.24, 2.45) is 0 Å². The summed E-state index contributed by atoms with van der Waals surface area (Å²) in [5.41, 5.74) is 2.65. The molecule has 0 spiro atoms. The van der Waals surface area contributed by atoms with Crippen molar-refractivity contribution < 1.29 is 4.43 Å². The normalized spacial score (nSPS) is 18.4. The maximum Gasteiger partial charge on any atom is 0.188 e. The van der Waals surface area contributed by atoms with Gasteiger partial charge in [0.25, 0.3) is 0 Å². The van der Waals surface area contributed by atoms with Crippen molar-refractivity contribution in [3.8, 4) is 0 Å². The molecule has 1 nitrogen and oxygen atoms in total. The Bertz CT molecular complexity index is 409. The van der Waals surface area contributed by atoms with Gasteiger partial charge in [0.2, 0.25) is 0 Å². The second-order valence-corrected chi connectivity index (χ2v) is 9.64. The quantitative estimate of drug-likeness (QED) is 0.680. The van der Waals surface area contributed by atoms with Crippen molar-refractivity contribution >= 4 is 14.4 Å². The average Bonchev–Trinajstić information content (AvgIpc) is 2.70.